The second kappa shape index (κ2) is 13.0. The Hall–Kier alpha value is -3.38. The quantitative estimate of drug-likeness (QED) is 0.310. The van der Waals surface area contributed by atoms with Gasteiger partial charge in [-0.3, -0.25) is 4.79 Å². The summed E-state index contributed by atoms with van der Waals surface area (Å²) in [5.74, 6) is -0.602. The monoisotopic (exact) mass is 409 g/mol. The van der Waals surface area contributed by atoms with Gasteiger partial charge < -0.3 is 19.5 Å². The lowest BCUT2D eigenvalue weighted by atomic mass is 10.1. The largest absolute Gasteiger partial charge is 0.492 e. The summed E-state index contributed by atoms with van der Waals surface area (Å²) in [6, 6.07) is 15.2. The summed E-state index contributed by atoms with van der Waals surface area (Å²) in [7, 11) is 0. The molecule has 0 spiro atoms. The Balaban J connectivity index is 2.05. The summed E-state index contributed by atoms with van der Waals surface area (Å²) < 4.78 is 16.4. The van der Waals surface area contributed by atoms with Crippen molar-refractivity contribution >= 4 is 11.9 Å². The highest BCUT2D eigenvalue weighted by Gasteiger charge is 2.24. The number of esters is 1. The van der Waals surface area contributed by atoms with Crippen molar-refractivity contribution in [1.82, 2.24) is 5.32 Å². The number of hydrogen-bond acceptors (Lipinski definition) is 5. The molecular weight excluding hydrogens is 382 g/mol. The molecule has 30 heavy (non-hydrogen) atoms. The molecule has 0 fully saturated rings. The molecule has 0 unspecified atom stereocenters. The van der Waals surface area contributed by atoms with E-state index in [0.717, 1.165) is 5.56 Å². The minimum absolute atomic E-state index is 0.0368. The lowest BCUT2D eigenvalue weighted by Crippen LogP contribution is -2.45. The van der Waals surface area contributed by atoms with E-state index >= 15 is 0 Å². The Morgan fingerprint density at radius 1 is 1.00 bits per heavy atom. The van der Waals surface area contributed by atoms with Crippen molar-refractivity contribution in [3.05, 3.63) is 91.0 Å². The first kappa shape index (κ1) is 22.9. The number of ether oxygens (including phenoxy) is 3. The Morgan fingerprint density at radius 2 is 1.73 bits per heavy atom. The number of benzene rings is 2. The predicted octanol–water partition coefficient (Wildman–Crippen LogP) is 3.69. The van der Waals surface area contributed by atoms with Crippen molar-refractivity contribution in [3.63, 3.8) is 0 Å². The number of rotatable bonds is 13. The lowest BCUT2D eigenvalue weighted by Gasteiger charge is -2.18. The van der Waals surface area contributed by atoms with Crippen molar-refractivity contribution in [1.29, 1.82) is 0 Å². The third kappa shape index (κ3) is 7.56. The molecule has 1 amide bonds. The van der Waals surface area contributed by atoms with Crippen molar-refractivity contribution in [2.24, 2.45) is 0 Å². The van der Waals surface area contributed by atoms with Gasteiger partial charge in [-0.25, -0.2) is 4.79 Å². The van der Waals surface area contributed by atoms with Crippen molar-refractivity contribution < 1.29 is 23.8 Å². The molecule has 0 radical (unpaired) electrons. The minimum Gasteiger partial charge on any atom is -0.492 e. The summed E-state index contributed by atoms with van der Waals surface area (Å²) in [4.78, 5) is 25.4. The molecular formula is C24H27NO5. The van der Waals surface area contributed by atoms with E-state index in [-0.39, 0.29) is 19.8 Å². The van der Waals surface area contributed by atoms with Gasteiger partial charge in [-0.05, 0) is 24.1 Å². The maximum absolute atomic E-state index is 12.8. The number of amides is 1. The van der Waals surface area contributed by atoms with Gasteiger partial charge in [0.1, 0.15) is 12.4 Å². The van der Waals surface area contributed by atoms with E-state index in [4.69, 9.17) is 14.2 Å². The first-order valence-electron chi connectivity index (χ1n) is 9.68. The summed E-state index contributed by atoms with van der Waals surface area (Å²) >= 11 is 0. The molecule has 0 saturated carbocycles. The zero-order valence-corrected chi connectivity index (χ0v) is 16.9. The van der Waals surface area contributed by atoms with Gasteiger partial charge in [0.15, 0.2) is 6.04 Å². The number of hydrogen-bond donors (Lipinski definition) is 1. The molecule has 0 aliphatic carbocycles. The molecule has 0 bridgehead atoms. The molecule has 0 heterocycles. The highest BCUT2D eigenvalue weighted by atomic mass is 16.5. The van der Waals surface area contributed by atoms with Crippen LogP contribution in [-0.4, -0.2) is 37.7 Å². The standard InChI is InChI=1S/C24H27NO5/c1-3-5-16-29-22-14-10-9-13-20(22)23(26)25-21(18-28-15-4-2)24(27)30-17-19-11-7-6-8-12-19/h3-4,6-14,21H,1-2,5,15-18H2,(H,25,26)/t21-/m0/s1. The molecule has 1 atom stereocenters. The molecule has 158 valence electrons. The minimum atomic E-state index is -0.970. The lowest BCUT2D eigenvalue weighted by molar-refractivity contribution is -0.148. The van der Waals surface area contributed by atoms with Crippen LogP contribution in [0.3, 0.4) is 0 Å². The molecule has 6 heteroatoms. The summed E-state index contributed by atoms with van der Waals surface area (Å²) in [6.07, 6.45) is 3.95. The van der Waals surface area contributed by atoms with E-state index in [1.54, 1.807) is 36.4 Å². The van der Waals surface area contributed by atoms with E-state index in [1.165, 1.54) is 0 Å². The third-order valence-electron chi connectivity index (χ3n) is 4.05. The maximum Gasteiger partial charge on any atom is 0.331 e. The molecule has 0 aromatic heterocycles. The van der Waals surface area contributed by atoms with Crippen LogP contribution in [0.25, 0.3) is 0 Å². The maximum atomic E-state index is 12.8. The number of carbonyl (C=O) groups is 2. The van der Waals surface area contributed by atoms with Gasteiger partial charge in [0.25, 0.3) is 5.91 Å². The highest BCUT2D eigenvalue weighted by molar-refractivity contribution is 5.99. The zero-order chi connectivity index (χ0) is 21.6. The predicted molar refractivity (Wildman–Crippen MR) is 115 cm³/mol. The van der Waals surface area contributed by atoms with Crippen LogP contribution in [-0.2, 0) is 20.9 Å². The normalized spacial score (nSPS) is 11.2. The molecule has 0 aliphatic rings. The van der Waals surface area contributed by atoms with E-state index in [2.05, 4.69) is 18.5 Å². The van der Waals surface area contributed by atoms with Gasteiger partial charge >= 0.3 is 5.97 Å². The summed E-state index contributed by atoms with van der Waals surface area (Å²) in [5, 5.41) is 2.69. The molecule has 6 nitrogen and oxygen atoms in total. The smallest absolute Gasteiger partial charge is 0.331 e. The fraction of sp³-hybridized carbons (Fsp3) is 0.250. The van der Waals surface area contributed by atoms with Crippen LogP contribution >= 0.6 is 0 Å². The van der Waals surface area contributed by atoms with Crippen LogP contribution in [0.1, 0.15) is 22.3 Å². The second-order valence-electron chi connectivity index (χ2n) is 6.37. The average Bonchev–Trinajstić information content (AvgIpc) is 2.78. The second-order valence-corrected chi connectivity index (χ2v) is 6.37. The molecule has 2 aromatic carbocycles. The van der Waals surface area contributed by atoms with Gasteiger partial charge in [-0.2, -0.15) is 0 Å². The van der Waals surface area contributed by atoms with E-state index in [1.807, 2.05) is 30.3 Å². The number of para-hydroxylation sites is 1. The van der Waals surface area contributed by atoms with Crippen LogP contribution in [0.15, 0.2) is 79.9 Å². The summed E-state index contributed by atoms with van der Waals surface area (Å²) in [6.45, 7) is 7.95. The highest BCUT2D eigenvalue weighted by Crippen LogP contribution is 2.18. The van der Waals surface area contributed by atoms with Crippen LogP contribution in [0.5, 0.6) is 5.75 Å². The van der Waals surface area contributed by atoms with Crippen LogP contribution < -0.4 is 10.1 Å². The zero-order valence-electron chi connectivity index (χ0n) is 16.9. The van der Waals surface area contributed by atoms with Crippen molar-refractivity contribution in [2.75, 3.05) is 19.8 Å². The van der Waals surface area contributed by atoms with Gasteiger partial charge in [0, 0.05) is 0 Å². The Morgan fingerprint density at radius 3 is 2.47 bits per heavy atom. The van der Waals surface area contributed by atoms with E-state index < -0.39 is 17.9 Å². The number of carbonyl (C=O) groups excluding carboxylic acids is 2. The van der Waals surface area contributed by atoms with Crippen molar-refractivity contribution in [3.8, 4) is 5.75 Å². The Bertz CT molecular complexity index is 834. The Labute approximate surface area is 177 Å². The van der Waals surface area contributed by atoms with Gasteiger partial charge in [-0.15, -0.1) is 13.2 Å². The molecule has 1 N–H and O–H groups in total. The SMILES string of the molecule is C=CCCOc1ccccc1C(=O)N[C@@H](COCC=C)C(=O)OCc1ccccc1. The molecule has 2 aromatic rings. The third-order valence-corrected chi connectivity index (χ3v) is 4.05. The van der Waals surface area contributed by atoms with Crippen LogP contribution in [0.4, 0.5) is 0 Å². The average molecular weight is 409 g/mol. The molecule has 0 aliphatic heterocycles. The van der Waals surface area contributed by atoms with Crippen LogP contribution in [0.2, 0.25) is 0 Å². The van der Waals surface area contributed by atoms with E-state index in [9.17, 15) is 9.59 Å². The van der Waals surface area contributed by atoms with Crippen molar-refractivity contribution in [2.45, 2.75) is 19.1 Å². The summed E-state index contributed by atoms with van der Waals surface area (Å²) in [5.41, 5.74) is 1.18. The van der Waals surface area contributed by atoms with Crippen LogP contribution in [0, 0.1) is 0 Å². The van der Waals surface area contributed by atoms with Gasteiger partial charge in [0.05, 0.1) is 25.4 Å². The number of nitrogens with one attached hydrogen (secondary N) is 1. The van der Waals surface area contributed by atoms with Gasteiger partial charge in [-0.1, -0.05) is 54.6 Å². The molecule has 0 saturated heterocycles. The fourth-order valence-corrected chi connectivity index (χ4v) is 2.54. The molecule has 2 rings (SSSR count). The topological polar surface area (TPSA) is 73.9 Å². The first-order valence-corrected chi connectivity index (χ1v) is 9.68. The first-order chi connectivity index (χ1) is 14.7. The van der Waals surface area contributed by atoms with Gasteiger partial charge in [0.2, 0.25) is 0 Å². The van der Waals surface area contributed by atoms with E-state index in [0.29, 0.717) is 24.3 Å². The Kier molecular flexibility index (Phi) is 9.89. The fourth-order valence-electron chi connectivity index (χ4n) is 2.54.